The molecule has 13 heavy (non-hydrogen) atoms. The largest absolute Gasteiger partial charge is 0.307 e. The Morgan fingerprint density at radius 1 is 1.46 bits per heavy atom. The Bertz CT molecular complexity index is 300. The molecule has 1 amide bonds. The number of carbonyl (C=O) groups excluding carboxylic acids is 1. The summed E-state index contributed by atoms with van der Waals surface area (Å²) in [6.07, 6.45) is 4.78. The first-order valence-corrected chi connectivity index (χ1v) is 4.15. The molecule has 1 N–H and O–H groups in total. The fourth-order valence-electron chi connectivity index (χ4n) is 1.28. The molecule has 5 nitrogen and oxygen atoms in total. The van der Waals surface area contributed by atoms with Gasteiger partial charge in [0.15, 0.2) is 5.82 Å². The number of anilines is 1. The Labute approximate surface area is 75.8 Å². The van der Waals surface area contributed by atoms with Gasteiger partial charge in [0.25, 0.3) is 0 Å². The highest BCUT2D eigenvalue weighted by molar-refractivity contribution is 5.94. The lowest BCUT2D eigenvalue weighted by atomic mass is 10.3. The van der Waals surface area contributed by atoms with E-state index in [9.17, 15) is 4.79 Å². The Hall–Kier alpha value is -1.49. The van der Waals surface area contributed by atoms with Gasteiger partial charge in [0.2, 0.25) is 5.91 Å². The molecule has 0 saturated carbocycles. The molecule has 0 aliphatic carbocycles. The topological polar surface area (TPSA) is 58.1 Å². The van der Waals surface area contributed by atoms with Crippen molar-refractivity contribution in [1.29, 1.82) is 0 Å². The molecule has 1 aliphatic heterocycles. The maximum atomic E-state index is 11.4. The summed E-state index contributed by atoms with van der Waals surface area (Å²) < 4.78 is 0. The molecule has 1 aromatic heterocycles. The van der Waals surface area contributed by atoms with Gasteiger partial charge in [-0.15, -0.1) is 0 Å². The van der Waals surface area contributed by atoms with E-state index < -0.39 is 0 Å². The molecule has 1 saturated heterocycles. The Balaban J connectivity index is 2.20. The third-order valence-electron chi connectivity index (χ3n) is 1.92. The van der Waals surface area contributed by atoms with Gasteiger partial charge in [-0.2, -0.15) is 0 Å². The van der Waals surface area contributed by atoms with Gasteiger partial charge in [0.05, 0.1) is 12.7 Å². The van der Waals surface area contributed by atoms with Crippen molar-refractivity contribution in [2.45, 2.75) is 0 Å². The highest BCUT2D eigenvalue weighted by Gasteiger charge is 2.19. The molecule has 0 unspecified atom stereocenters. The van der Waals surface area contributed by atoms with E-state index in [1.165, 1.54) is 0 Å². The van der Waals surface area contributed by atoms with Crippen molar-refractivity contribution in [2.75, 3.05) is 24.5 Å². The van der Waals surface area contributed by atoms with Gasteiger partial charge in [-0.1, -0.05) is 0 Å². The average molecular weight is 178 g/mol. The number of hydrogen-bond donors (Lipinski definition) is 1. The first-order chi connectivity index (χ1) is 6.38. The van der Waals surface area contributed by atoms with Crippen LogP contribution in [0, 0.1) is 0 Å². The number of piperazine rings is 1. The molecule has 2 heterocycles. The van der Waals surface area contributed by atoms with E-state index in [2.05, 4.69) is 15.3 Å². The van der Waals surface area contributed by atoms with Crippen LogP contribution in [0.15, 0.2) is 18.6 Å². The first-order valence-electron chi connectivity index (χ1n) is 4.15. The monoisotopic (exact) mass is 178 g/mol. The normalized spacial score (nSPS) is 17.5. The third-order valence-corrected chi connectivity index (χ3v) is 1.92. The predicted molar refractivity (Wildman–Crippen MR) is 47.3 cm³/mol. The van der Waals surface area contributed by atoms with Gasteiger partial charge in [-0.3, -0.25) is 14.7 Å². The number of nitrogens with zero attached hydrogens (tertiary/aromatic N) is 3. The first kappa shape index (κ1) is 8.12. The summed E-state index contributed by atoms with van der Waals surface area (Å²) in [5.41, 5.74) is 0. The number of rotatable bonds is 1. The van der Waals surface area contributed by atoms with Crippen LogP contribution in [0.4, 0.5) is 5.82 Å². The van der Waals surface area contributed by atoms with Crippen molar-refractivity contribution >= 4 is 11.7 Å². The van der Waals surface area contributed by atoms with Crippen LogP contribution >= 0.6 is 0 Å². The highest BCUT2D eigenvalue weighted by atomic mass is 16.2. The number of carbonyl (C=O) groups is 1. The van der Waals surface area contributed by atoms with Crippen molar-refractivity contribution in [1.82, 2.24) is 15.3 Å². The zero-order valence-corrected chi connectivity index (χ0v) is 7.10. The van der Waals surface area contributed by atoms with Gasteiger partial charge in [0.1, 0.15) is 0 Å². The molecular weight excluding hydrogens is 168 g/mol. The molecule has 0 aromatic carbocycles. The second-order valence-electron chi connectivity index (χ2n) is 2.79. The number of hydrogen-bond acceptors (Lipinski definition) is 4. The summed E-state index contributed by atoms with van der Waals surface area (Å²) in [6, 6.07) is 0. The minimum absolute atomic E-state index is 0.0479. The minimum atomic E-state index is 0.0479. The van der Waals surface area contributed by atoms with Crippen molar-refractivity contribution in [3.63, 3.8) is 0 Å². The number of aromatic nitrogens is 2. The van der Waals surface area contributed by atoms with E-state index in [0.29, 0.717) is 18.9 Å². The van der Waals surface area contributed by atoms with Crippen LogP contribution in [-0.2, 0) is 4.79 Å². The highest BCUT2D eigenvalue weighted by Crippen LogP contribution is 2.08. The molecule has 1 aromatic rings. The SMILES string of the molecule is O=C1CNCCN1c1cnccn1. The van der Waals surface area contributed by atoms with E-state index >= 15 is 0 Å². The van der Waals surface area contributed by atoms with Gasteiger partial charge >= 0.3 is 0 Å². The molecule has 5 heteroatoms. The van der Waals surface area contributed by atoms with Crippen LogP contribution in [0.3, 0.4) is 0 Å². The Kier molecular flexibility index (Phi) is 2.18. The molecule has 0 spiro atoms. The summed E-state index contributed by atoms with van der Waals surface area (Å²) in [4.78, 5) is 21.0. The zero-order valence-electron chi connectivity index (χ0n) is 7.10. The van der Waals surface area contributed by atoms with Gasteiger partial charge < -0.3 is 5.32 Å². The lowest BCUT2D eigenvalue weighted by molar-refractivity contribution is -0.118. The Morgan fingerprint density at radius 3 is 3.08 bits per heavy atom. The van der Waals surface area contributed by atoms with Gasteiger partial charge in [-0.25, -0.2) is 4.98 Å². The predicted octanol–water partition coefficient (Wildman–Crippen LogP) is -0.587. The summed E-state index contributed by atoms with van der Waals surface area (Å²) in [5, 5.41) is 2.99. The minimum Gasteiger partial charge on any atom is -0.307 e. The molecule has 0 atom stereocenters. The second-order valence-corrected chi connectivity index (χ2v) is 2.79. The van der Waals surface area contributed by atoms with Crippen LogP contribution in [0.25, 0.3) is 0 Å². The van der Waals surface area contributed by atoms with Crippen molar-refractivity contribution in [2.24, 2.45) is 0 Å². The smallest absolute Gasteiger partial charge is 0.242 e. The molecule has 68 valence electrons. The summed E-state index contributed by atoms with van der Waals surface area (Å²) in [5.74, 6) is 0.681. The van der Waals surface area contributed by atoms with E-state index in [0.717, 1.165) is 6.54 Å². The van der Waals surface area contributed by atoms with Crippen LogP contribution in [0.2, 0.25) is 0 Å². The summed E-state index contributed by atoms with van der Waals surface area (Å²) in [7, 11) is 0. The molecular formula is C8H10N4O. The van der Waals surface area contributed by atoms with Crippen molar-refractivity contribution in [3.8, 4) is 0 Å². The molecule has 0 bridgehead atoms. The van der Waals surface area contributed by atoms with E-state index in [-0.39, 0.29) is 5.91 Å². The second kappa shape index (κ2) is 3.49. The third kappa shape index (κ3) is 1.65. The molecule has 1 fully saturated rings. The standard InChI is InChI=1S/C8H10N4O/c13-8-6-10-3-4-12(8)7-5-9-1-2-11-7/h1-2,5,10H,3-4,6H2. The maximum absolute atomic E-state index is 11.4. The average Bonchev–Trinajstić information content (AvgIpc) is 2.20. The van der Waals surface area contributed by atoms with E-state index in [1.807, 2.05) is 0 Å². The van der Waals surface area contributed by atoms with Crippen LogP contribution in [0.1, 0.15) is 0 Å². The van der Waals surface area contributed by atoms with Crippen LogP contribution < -0.4 is 10.2 Å². The van der Waals surface area contributed by atoms with E-state index in [4.69, 9.17) is 0 Å². The van der Waals surface area contributed by atoms with Crippen LogP contribution in [0.5, 0.6) is 0 Å². The molecule has 0 radical (unpaired) electrons. The van der Waals surface area contributed by atoms with Crippen molar-refractivity contribution < 1.29 is 4.79 Å². The fraction of sp³-hybridized carbons (Fsp3) is 0.375. The van der Waals surface area contributed by atoms with Gasteiger partial charge in [-0.05, 0) is 0 Å². The summed E-state index contributed by atoms with van der Waals surface area (Å²) in [6.45, 7) is 1.86. The Morgan fingerprint density at radius 2 is 2.38 bits per heavy atom. The number of amides is 1. The lowest BCUT2D eigenvalue weighted by Crippen LogP contribution is -2.48. The van der Waals surface area contributed by atoms with Crippen molar-refractivity contribution in [3.05, 3.63) is 18.6 Å². The number of nitrogens with one attached hydrogen (secondary N) is 1. The zero-order chi connectivity index (χ0) is 9.10. The maximum Gasteiger partial charge on any atom is 0.242 e. The lowest BCUT2D eigenvalue weighted by Gasteiger charge is -2.25. The summed E-state index contributed by atoms with van der Waals surface area (Å²) >= 11 is 0. The fourth-order valence-corrected chi connectivity index (χ4v) is 1.28. The van der Waals surface area contributed by atoms with E-state index in [1.54, 1.807) is 23.5 Å². The molecule has 2 rings (SSSR count). The molecule has 1 aliphatic rings. The van der Waals surface area contributed by atoms with Gasteiger partial charge in [0, 0.05) is 25.5 Å². The van der Waals surface area contributed by atoms with Crippen LogP contribution in [-0.4, -0.2) is 35.5 Å². The quantitative estimate of drug-likeness (QED) is 0.624.